The standard InChI is InChI=1S/C14H14N2S.C2H6/c1-10(15)12-5-7-13(8-6-12)16-11(2)14-4-3-9-17-14;1-2/h3-9,15-16H,2H2,1H3;1-2H3. The SMILES string of the molecule is C=C(Nc1ccc(C(C)=N)cc1)c1cccs1.CC. The molecule has 0 saturated heterocycles. The zero-order chi connectivity index (χ0) is 14.3. The zero-order valence-electron chi connectivity index (χ0n) is 11.7. The molecule has 0 bridgehead atoms. The molecule has 0 saturated carbocycles. The number of thiophene rings is 1. The highest BCUT2D eigenvalue weighted by atomic mass is 32.1. The van der Waals surface area contributed by atoms with Crippen molar-refractivity contribution in [1.29, 1.82) is 5.41 Å². The van der Waals surface area contributed by atoms with Gasteiger partial charge in [0, 0.05) is 22.0 Å². The van der Waals surface area contributed by atoms with Crippen LogP contribution in [0.25, 0.3) is 5.70 Å². The van der Waals surface area contributed by atoms with Gasteiger partial charge in [0.05, 0.1) is 0 Å². The Bertz CT molecular complexity index is 524. The van der Waals surface area contributed by atoms with Crippen molar-refractivity contribution in [2.45, 2.75) is 20.8 Å². The van der Waals surface area contributed by atoms with Crippen LogP contribution < -0.4 is 5.32 Å². The minimum atomic E-state index is 0.577. The van der Waals surface area contributed by atoms with E-state index in [2.05, 4.69) is 11.9 Å². The fraction of sp³-hybridized carbons (Fsp3) is 0.188. The number of nitrogens with one attached hydrogen (secondary N) is 2. The summed E-state index contributed by atoms with van der Waals surface area (Å²) >= 11 is 1.66. The smallest absolute Gasteiger partial charge is 0.0499 e. The molecular formula is C16H20N2S. The first-order chi connectivity index (χ1) is 9.16. The third-order valence-corrected chi connectivity index (χ3v) is 3.36. The maximum absolute atomic E-state index is 7.52. The molecule has 0 amide bonds. The third kappa shape index (κ3) is 4.38. The lowest BCUT2D eigenvalue weighted by Gasteiger charge is -2.08. The zero-order valence-corrected chi connectivity index (χ0v) is 12.5. The molecule has 3 heteroatoms. The summed E-state index contributed by atoms with van der Waals surface area (Å²) in [7, 11) is 0. The Hall–Kier alpha value is -1.87. The summed E-state index contributed by atoms with van der Waals surface area (Å²) in [5.41, 5.74) is 3.42. The molecule has 0 radical (unpaired) electrons. The van der Waals surface area contributed by atoms with Gasteiger partial charge in [0.1, 0.15) is 0 Å². The second-order valence-electron chi connectivity index (χ2n) is 3.78. The Balaban J connectivity index is 0.000000861. The van der Waals surface area contributed by atoms with Crippen molar-refractivity contribution in [2.75, 3.05) is 5.32 Å². The van der Waals surface area contributed by atoms with E-state index in [0.717, 1.165) is 21.8 Å². The molecule has 0 unspecified atom stereocenters. The van der Waals surface area contributed by atoms with Crippen LogP contribution in [0.5, 0.6) is 0 Å². The predicted octanol–water partition coefficient (Wildman–Crippen LogP) is 5.24. The van der Waals surface area contributed by atoms with E-state index >= 15 is 0 Å². The van der Waals surface area contributed by atoms with Gasteiger partial charge in [0.15, 0.2) is 0 Å². The van der Waals surface area contributed by atoms with E-state index in [1.165, 1.54) is 0 Å². The van der Waals surface area contributed by atoms with Crippen LogP contribution >= 0.6 is 11.3 Å². The summed E-state index contributed by atoms with van der Waals surface area (Å²) in [6.45, 7) is 9.79. The first-order valence-corrected chi connectivity index (χ1v) is 7.20. The lowest BCUT2D eigenvalue weighted by Crippen LogP contribution is -1.97. The van der Waals surface area contributed by atoms with Gasteiger partial charge >= 0.3 is 0 Å². The number of benzene rings is 1. The summed E-state index contributed by atoms with van der Waals surface area (Å²) < 4.78 is 0. The Morgan fingerprint density at radius 2 is 1.79 bits per heavy atom. The minimum absolute atomic E-state index is 0.577. The van der Waals surface area contributed by atoms with Crippen LogP contribution in [0.3, 0.4) is 0 Å². The molecular weight excluding hydrogens is 252 g/mol. The van der Waals surface area contributed by atoms with Crippen molar-refractivity contribution in [3.05, 3.63) is 58.8 Å². The molecule has 0 aliphatic heterocycles. The van der Waals surface area contributed by atoms with Crippen molar-refractivity contribution in [2.24, 2.45) is 0 Å². The van der Waals surface area contributed by atoms with Crippen molar-refractivity contribution >= 4 is 28.4 Å². The molecule has 19 heavy (non-hydrogen) atoms. The molecule has 0 fully saturated rings. The molecule has 2 aromatic rings. The Labute approximate surface area is 119 Å². The molecule has 2 rings (SSSR count). The summed E-state index contributed by atoms with van der Waals surface area (Å²) in [5.74, 6) is 0. The topological polar surface area (TPSA) is 35.9 Å². The van der Waals surface area contributed by atoms with E-state index < -0.39 is 0 Å². The predicted molar refractivity (Wildman–Crippen MR) is 87.3 cm³/mol. The molecule has 0 atom stereocenters. The van der Waals surface area contributed by atoms with E-state index in [1.54, 1.807) is 18.3 Å². The van der Waals surface area contributed by atoms with Gasteiger partial charge in [-0.25, -0.2) is 0 Å². The van der Waals surface area contributed by atoms with Gasteiger partial charge in [-0.2, -0.15) is 0 Å². The third-order valence-electron chi connectivity index (χ3n) is 2.43. The van der Waals surface area contributed by atoms with E-state index in [9.17, 15) is 0 Å². The Morgan fingerprint density at radius 3 is 2.26 bits per heavy atom. The van der Waals surface area contributed by atoms with Crippen LogP contribution in [0.2, 0.25) is 0 Å². The second-order valence-corrected chi connectivity index (χ2v) is 4.73. The normalized spacial score (nSPS) is 9.21. The highest BCUT2D eigenvalue weighted by Gasteiger charge is 2.01. The average Bonchev–Trinajstić information content (AvgIpc) is 2.95. The minimum Gasteiger partial charge on any atom is -0.355 e. The van der Waals surface area contributed by atoms with Crippen LogP contribution in [0.15, 0.2) is 48.4 Å². The molecule has 0 aliphatic carbocycles. The molecule has 1 aromatic heterocycles. The largest absolute Gasteiger partial charge is 0.355 e. The Kier molecular flexibility index (Phi) is 6.03. The number of rotatable bonds is 4. The first-order valence-electron chi connectivity index (χ1n) is 6.32. The van der Waals surface area contributed by atoms with Gasteiger partial charge in [-0.3, -0.25) is 0 Å². The van der Waals surface area contributed by atoms with Crippen LogP contribution in [0.1, 0.15) is 31.2 Å². The van der Waals surface area contributed by atoms with Crippen LogP contribution in [0.4, 0.5) is 5.69 Å². The molecule has 100 valence electrons. The molecule has 1 aromatic carbocycles. The summed E-state index contributed by atoms with van der Waals surface area (Å²) in [6, 6.07) is 11.8. The monoisotopic (exact) mass is 272 g/mol. The van der Waals surface area contributed by atoms with Gasteiger partial charge in [0.2, 0.25) is 0 Å². The highest BCUT2D eigenvalue weighted by Crippen LogP contribution is 2.21. The highest BCUT2D eigenvalue weighted by molar-refractivity contribution is 7.11. The van der Waals surface area contributed by atoms with E-state index in [4.69, 9.17) is 5.41 Å². The maximum Gasteiger partial charge on any atom is 0.0499 e. The molecule has 0 aliphatic rings. The lowest BCUT2D eigenvalue weighted by atomic mass is 10.1. The van der Waals surface area contributed by atoms with Gasteiger partial charge in [-0.15, -0.1) is 11.3 Å². The second kappa shape index (κ2) is 7.54. The van der Waals surface area contributed by atoms with Crippen molar-refractivity contribution < 1.29 is 0 Å². The maximum atomic E-state index is 7.52. The van der Waals surface area contributed by atoms with Crippen molar-refractivity contribution in [3.8, 4) is 0 Å². The fourth-order valence-electron chi connectivity index (χ4n) is 1.49. The summed E-state index contributed by atoms with van der Waals surface area (Å²) in [5, 5.41) is 12.8. The van der Waals surface area contributed by atoms with E-state index in [0.29, 0.717) is 5.71 Å². The summed E-state index contributed by atoms with van der Waals surface area (Å²) in [4.78, 5) is 1.14. The molecule has 2 N–H and O–H groups in total. The van der Waals surface area contributed by atoms with Crippen LogP contribution in [-0.4, -0.2) is 5.71 Å². The van der Waals surface area contributed by atoms with E-state index in [-0.39, 0.29) is 0 Å². The van der Waals surface area contributed by atoms with E-state index in [1.807, 2.05) is 55.6 Å². The number of hydrogen-bond donors (Lipinski definition) is 2. The van der Waals surface area contributed by atoms with Crippen LogP contribution in [-0.2, 0) is 0 Å². The van der Waals surface area contributed by atoms with Crippen molar-refractivity contribution in [1.82, 2.24) is 0 Å². The Morgan fingerprint density at radius 1 is 1.16 bits per heavy atom. The lowest BCUT2D eigenvalue weighted by molar-refractivity contribution is 1.45. The average molecular weight is 272 g/mol. The van der Waals surface area contributed by atoms with Crippen LogP contribution in [0, 0.1) is 5.41 Å². The van der Waals surface area contributed by atoms with Gasteiger partial charge < -0.3 is 10.7 Å². The first kappa shape index (κ1) is 15.2. The molecule has 2 nitrogen and oxygen atoms in total. The quantitative estimate of drug-likeness (QED) is 0.733. The number of anilines is 1. The fourth-order valence-corrected chi connectivity index (χ4v) is 2.14. The van der Waals surface area contributed by atoms with Gasteiger partial charge in [-0.1, -0.05) is 38.6 Å². The van der Waals surface area contributed by atoms with Gasteiger partial charge in [0.25, 0.3) is 0 Å². The number of hydrogen-bond acceptors (Lipinski definition) is 3. The molecule has 0 spiro atoms. The van der Waals surface area contributed by atoms with Gasteiger partial charge in [-0.05, 0) is 36.1 Å². The molecule has 1 heterocycles. The van der Waals surface area contributed by atoms with Crippen molar-refractivity contribution in [3.63, 3.8) is 0 Å². The summed E-state index contributed by atoms with van der Waals surface area (Å²) in [6.07, 6.45) is 0.